The highest BCUT2D eigenvalue weighted by molar-refractivity contribution is 5.26. The molecular weight excluding hydrogens is 224 g/mol. The Hall–Kier alpha value is -2.41. The molecule has 0 atom stereocenters. The highest BCUT2D eigenvalue weighted by Crippen LogP contribution is 2.03. The van der Waals surface area contributed by atoms with Gasteiger partial charge in [-0.15, -0.1) is 0 Å². The highest BCUT2D eigenvalue weighted by Gasteiger charge is 1.98. The van der Waals surface area contributed by atoms with Gasteiger partial charge in [0.25, 0.3) is 0 Å². The van der Waals surface area contributed by atoms with Crippen LogP contribution in [0.5, 0.6) is 0 Å². The van der Waals surface area contributed by atoms with Gasteiger partial charge in [0.1, 0.15) is 0 Å². The number of nitriles is 1. The Balaban J connectivity index is 1.87. The lowest BCUT2D eigenvalue weighted by Crippen LogP contribution is -2.08. The van der Waals surface area contributed by atoms with Gasteiger partial charge >= 0.3 is 0 Å². The van der Waals surface area contributed by atoms with Crippen LogP contribution in [-0.4, -0.2) is 16.5 Å². The lowest BCUT2D eigenvalue weighted by Gasteiger charge is -2.05. The first-order valence-corrected chi connectivity index (χ1v) is 5.85. The maximum atomic E-state index is 8.60. The van der Waals surface area contributed by atoms with Crippen molar-refractivity contribution >= 4 is 5.95 Å². The van der Waals surface area contributed by atoms with E-state index < -0.39 is 0 Å². The van der Waals surface area contributed by atoms with Gasteiger partial charge in [0.15, 0.2) is 0 Å². The van der Waals surface area contributed by atoms with Crippen molar-refractivity contribution in [3.05, 3.63) is 53.9 Å². The molecule has 1 N–H and O–H groups in total. The van der Waals surface area contributed by atoms with Crippen LogP contribution in [-0.2, 0) is 12.8 Å². The average Bonchev–Trinajstić information content (AvgIpc) is 2.41. The van der Waals surface area contributed by atoms with Crippen LogP contribution < -0.4 is 5.32 Å². The number of nitrogens with one attached hydrogen (secondary N) is 1. The fourth-order valence-corrected chi connectivity index (χ4v) is 1.62. The van der Waals surface area contributed by atoms with E-state index in [0.29, 0.717) is 12.4 Å². The van der Waals surface area contributed by atoms with Gasteiger partial charge in [-0.1, -0.05) is 30.3 Å². The molecule has 4 heteroatoms. The van der Waals surface area contributed by atoms with Crippen molar-refractivity contribution in [2.75, 3.05) is 11.9 Å². The van der Waals surface area contributed by atoms with Gasteiger partial charge in [-0.3, -0.25) is 0 Å². The summed E-state index contributed by atoms with van der Waals surface area (Å²) in [6.45, 7) is 0.778. The summed E-state index contributed by atoms with van der Waals surface area (Å²) < 4.78 is 0. The molecule has 2 aromatic rings. The third-order valence-corrected chi connectivity index (χ3v) is 2.51. The molecule has 90 valence electrons. The number of hydrogen-bond acceptors (Lipinski definition) is 4. The van der Waals surface area contributed by atoms with E-state index in [-0.39, 0.29) is 0 Å². The zero-order valence-electron chi connectivity index (χ0n) is 10.0. The summed E-state index contributed by atoms with van der Waals surface area (Å²) in [4.78, 5) is 8.37. The maximum Gasteiger partial charge on any atom is 0.222 e. The monoisotopic (exact) mass is 238 g/mol. The van der Waals surface area contributed by atoms with Crippen molar-refractivity contribution in [2.45, 2.75) is 12.8 Å². The Morgan fingerprint density at radius 2 is 2.00 bits per heavy atom. The average molecular weight is 238 g/mol. The van der Waals surface area contributed by atoms with Crippen LogP contribution in [0.1, 0.15) is 11.3 Å². The molecule has 2 rings (SSSR count). The summed E-state index contributed by atoms with van der Waals surface area (Å²) in [6.07, 6.45) is 2.91. The molecular formula is C14H14N4. The van der Waals surface area contributed by atoms with Gasteiger partial charge in [0.2, 0.25) is 5.95 Å². The smallest absolute Gasteiger partial charge is 0.222 e. The third kappa shape index (κ3) is 3.56. The Bertz CT molecular complexity index is 531. The molecule has 0 fully saturated rings. The van der Waals surface area contributed by atoms with Crippen LogP contribution in [0.4, 0.5) is 5.95 Å². The first-order chi connectivity index (χ1) is 8.88. The number of aromatic nitrogens is 2. The van der Waals surface area contributed by atoms with Crippen molar-refractivity contribution in [3.8, 4) is 6.07 Å². The van der Waals surface area contributed by atoms with Gasteiger partial charge < -0.3 is 5.32 Å². The van der Waals surface area contributed by atoms with E-state index in [2.05, 4.69) is 33.5 Å². The molecule has 0 amide bonds. The summed E-state index contributed by atoms with van der Waals surface area (Å²) >= 11 is 0. The second-order valence-corrected chi connectivity index (χ2v) is 3.87. The van der Waals surface area contributed by atoms with Crippen molar-refractivity contribution < 1.29 is 0 Å². The van der Waals surface area contributed by atoms with E-state index in [1.54, 1.807) is 12.3 Å². The molecule has 4 nitrogen and oxygen atoms in total. The van der Waals surface area contributed by atoms with E-state index in [4.69, 9.17) is 5.26 Å². The van der Waals surface area contributed by atoms with Crippen LogP contribution in [0.25, 0.3) is 0 Å². The normalized spacial score (nSPS) is 9.72. The molecule has 0 aliphatic rings. The van der Waals surface area contributed by atoms with Crippen LogP contribution >= 0.6 is 0 Å². The molecule has 0 bridgehead atoms. The van der Waals surface area contributed by atoms with E-state index in [1.165, 1.54) is 5.56 Å². The van der Waals surface area contributed by atoms with Crippen molar-refractivity contribution in [1.82, 2.24) is 9.97 Å². The van der Waals surface area contributed by atoms with Gasteiger partial charge in [-0.05, 0) is 18.1 Å². The van der Waals surface area contributed by atoms with E-state index in [0.717, 1.165) is 18.7 Å². The lowest BCUT2D eigenvalue weighted by atomic mass is 10.1. The number of anilines is 1. The summed E-state index contributed by atoms with van der Waals surface area (Å²) in [5.74, 6) is 0.582. The first-order valence-electron chi connectivity index (χ1n) is 5.85. The van der Waals surface area contributed by atoms with Crippen LogP contribution in [0, 0.1) is 11.3 Å². The van der Waals surface area contributed by atoms with Gasteiger partial charge in [0.05, 0.1) is 18.2 Å². The molecule has 0 radical (unpaired) electrons. The number of hydrogen-bond donors (Lipinski definition) is 1. The van der Waals surface area contributed by atoms with Crippen LogP contribution in [0.15, 0.2) is 42.6 Å². The lowest BCUT2D eigenvalue weighted by molar-refractivity contribution is 0.966. The van der Waals surface area contributed by atoms with E-state index in [9.17, 15) is 0 Å². The van der Waals surface area contributed by atoms with Crippen molar-refractivity contribution in [3.63, 3.8) is 0 Å². The Morgan fingerprint density at radius 3 is 2.78 bits per heavy atom. The zero-order valence-corrected chi connectivity index (χ0v) is 10.0. The van der Waals surface area contributed by atoms with Gasteiger partial charge in [0, 0.05) is 12.7 Å². The summed E-state index contributed by atoms with van der Waals surface area (Å²) in [5.41, 5.74) is 2.02. The molecule has 0 aliphatic carbocycles. The molecule has 18 heavy (non-hydrogen) atoms. The molecule has 1 aromatic heterocycles. The Labute approximate surface area is 106 Å². The zero-order chi connectivity index (χ0) is 12.6. The third-order valence-electron chi connectivity index (χ3n) is 2.51. The molecule has 0 saturated carbocycles. The van der Waals surface area contributed by atoms with Crippen LogP contribution in [0.2, 0.25) is 0 Å². The van der Waals surface area contributed by atoms with Crippen molar-refractivity contribution in [2.24, 2.45) is 0 Å². The second-order valence-electron chi connectivity index (χ2n) is 3.87. The predicted molar refractivity (Wildman–Crippen MR) is 70.0 cm³/mol. The summed E-state index contributed by atoms with van der Waals surface area (Å²) in [6, 6.07) is 14.1. The van der Waals surface area contributed by atoms with Crippen LogP contribution in [0.3, 0.4) is 0 Å². The Kier molecular flexibility index (Phi) is 4.26. The molecule has 0 spiro atoms. The molecule has 0 unspecified atom stereocenters. The SMILES string of the molecule is N#CCc1ccnc(NCCc2ccccc2)n1. The van der Waals surface area contributed by atoms with Crippen molar-refractivity contribution in [1.29, 1.82) is 5.26 Å². The van der Waals surface area contributed by atoms with E-state index >= 15 is 0 Å². The first kappa shape index (κ1) is 12.1. The maximum absolute atomic E-state index is 8.60. The molecule has 0 saturated heterocycles. The number of benzene rings is 1. The quantitative estimate of drug-likeness (QED) is 0.867. The minimum Gasteiger partial charge on any atom is -0.354 e. The van der Waals surface area contributed by atoms with Gasteiger partial charge in [-0.2, -0.15) is 5.26 Å². The predicted octanol–water partition coefficient (Wildman–Crippen LogP) is 2.20. The molecule has 1 heterocycles. The Morgan fingerprint density at radius 1 is 1.17 bits per heavy atom. The topological polar surface area (TPSA) is 61.6 Å². The second kappa shape index (κ2) is 6.36. The summed E-state index contributed by atoms with van der Waals surface area (Å²) in [7, 11) is 0. The minimum atomic E-state index is 0.315. The molecule has 0 aliphatic heterocycles. The standard InChI is InChI=1S/C14H14N4/c15-9-6-13-8-11-17-14(18-13)16-10-7-12-4-2-1-3-5-12/h1-5,8,11H,6-7,10H2,(H,16,17,18). The fraction of sp³-hybridized carbons (Fsp3) is 0.214. The van der Waals surface area contributed by atoms with Gasteiger partial charge in [-0.25, -0.2) is 9.97 Å². The largest absolute Gasteiger partial charge is 0.354 e. The minimum absolute atomic E-state index is 0.315. The molecule has 1 aromatic carbocycles. The highest BCUT2D eigenvalue weighted by atomic mass is 15.1. The number of nitrogens with zero attached hydrogens (tertiary/aromatic N) is 3. The summed E-state index contributed by atoms with van der Waals surface area (Å²) in [5, 5.41) is 11.8. The number of rotatable bonds is 5. The van der Waals surface area contributed by atoms with E-state index in [1.807, 2.05) is 18.2 Å². The fourth-order valence-electron chi connectivity index (χ4n) is 1.62.